The predicted octanol–water partition coefficient (Wildman–Crippen LogP) is 2.32. The van der Waals surface area contributed by atoms with Crippen molar-refractivity contribution in [3.05, 3.63) is 47.5 Å². The third-order valence-electron chi connectivity index (χ3n) is 4.12. The summed E-state index contributed by atoms with van der Waals surface area (Å²) in [6, 6.07) is 6.21. The van der Waals surface area contributed by atoms with Crippen LogP contribution in [0.25, 0.3) is 0 Å². The fourth-order valence-electron chi connectivity index (χ4n) is 2.95. The van der Waals surface area contributed by atoms with Gasteiger partial charge in [-0.1, -0.05) is 12.1 Å². The average Bonchev–Trinajstić information content (AvgIpc) is 2.60. The molecule has 1 aliphatic rings. The van der Waals surface area contributed by atoms with Gasteiger partial charge in [0.15, 0.2) is 5.76 Å². The molecule has 0 aliphatic carbocycles. The number of ether oxygens (including phenoxy) is 2. The zero-order chi connectivity index (χ0) is 17.5. The summed E-state index contributed by atoms with van der Waals surface area (Å²) in [6.45, 7) is 2.37. The number of benzene rings is 1. The maximum Gasteiger partial charge on any atom is 0.285 e. The number of amides is 1. The molecule has 0 fully saturated rings. The number of nitrogens with one attached hydrogen (secondary N) is 1. The van der Waals surface area contributed by atoms with Gasteiger partial charge in [-0.05, 0) is 43.5 Å². The maximum absolute atomic E-state index is 13.2. The summed E-state index contributed by atoms with van der Waals surface area (Å²) in [5.74, 6) is -0.668. The number of halogens is 1. The highest BCUT2D eigenvalue weighted by atomic mass is 19.1. The third kappa shape index (κ3) is 4.33. The van der Waals surface area contributed by atoms with E-state index in [1.54, 1.807) is 18.2 Å². The Balaban J connectivity index is 2.39. The quantitative estimate of drug-likeness (QED) is 0.801. The fraction of sp³-hybridized carbons (Fsp3) is 0.500. The lowest BCUT2D eigenvalue weighted by Gasteiger charge is -2.37. The number of hydrogen-bond donors (Lipinski definition) is 2. The average molecular weight is 337 g/mol. The van der Waals surface area contributed by atoms with Crippen molar-refractivity contribution in [1.29, 1.82) is 0 Å². The Morgan fingerprint density at radius 3 is 2.67 bits per heavy atom. The number of rotatable bonds is 7. The number of hydrogen-bond acceptors (Lipinski definition) is 4. The van der Waals surface area contributed by atoms with Gasteiger partial charge in [0.1, 0.15) is 5.82 Å². The molecule has 1 aromatic carbocycles. The molecule has 1 aromatic rings. The number of likely N-dealkylation sites (N-methyl/N-ethyl adjacent to an activating group) is 1. The molecule has 6 heteroatoms. The summed E-state index contributed by atoms with van der Waals surface area (Å²) in [4.78, 5) is 12.0. The molecule has 0 saturated heterocycles. The number of aliphatic hydroxyl groups excluding tert-OH is 1. The molecule has 0 bridgehead atoms. The summed E-state index contributed by atoms with van der Waals surface area (Å²) >= 11 is 0. The minimum Gasteiger partial charge on any atom is -0.459 e. The molecule has 0 aromatic heterocycles. The first-order valence-corrected chi connectivity index (χ1v) is 8.19. The second-order valence-corrected chi connectivity index (χ2v) is 5.66. The van der Waals surface area contributed by atoms with Gasteiger partial charge in [0.2, 0.25) is 6.29 Å². The highest BCUT2D eigenvalue weighted by molar-refractivity contribution is 5.91. The molecule has 1 heterocycles. The molecule has 24 heavy (non-hydrogen) atoms. The Bertz CT molecular complexity index is 573. The lowest BCUT2D eigenvalue weighted by atomic mass is 9.80. The number of aliphatic hydroxyl groups is 1. The van der Waals surface area contributed by atoms with Crippen LogP contribution in [0.15, 0.2) is 36.1 Å². The molecule has 0 radical (unpaired) electrons. The van der Waals surface area contributed by atoms with E-state index in [-0.39, 0.29) is 35.9 Å². The molecule has 5 nitrogen and oxygen atoms in total. The van der Waals surface area contributed by atoms with E-state index in [1.807, 2.05) is 6.92 Å². The first kappa shape index (κ1) is 18.4. The van der Waals surface area contributed by atoms with Gasteiger partial charge in [-0.25, -0.2) is 4.39 Å². The molecule has 1 aliphatic heterocycles. The van der Waals surface area contributed by atoms with Gasteiger partial charge >= 0.3 is 0 Å². The monoisotopic (exact) mass is 337 g/mol. The van der Waals surface area contributed by atoms with Crippen molar-refractivity contribution in [2.45, 2.75) is 32.0 Å². The van der Waals surface area contributed by atoms with E-state index in [0.717, 1.165) is 5.56 Å². The molecule has 132 valence electrons. The van der Waals surface area contributed by atoms with Crippen LogP contribution in [-0.2, 0) is 14.3 Å². The minimum absolute atomic E-state index is 0.0670. The summed E-state index contributed by atoms with van der Waals surface area (Å²) in [5, 5.41) is 11.7. The minimum atomic E-state index is -0.589. The van der Waals surface area contributed by atoms with Crippen molar-refractivity contribution < 1.29 is 23.8 Å². The number of allylic oxidation sites excluding steroid dienone is 1. The Labute approximate surface area is 141 Å². The van der Waals surface area contributed by atoms with Gasteiger partial charge in [0.25, 0.3) is 5.91 Å². The maximum atomic E-state index is 13.2. The largest absolute Gasteiger partial charge is 0.459 e. The van der Waals surface area contributed by atoms with Crippen LogP contribution in [0.4, 0.5) is 4.39 Å². The van der Waals surface area contributed by atoms with Crippen LogP contribution >= 0.6 is 0 Å². The molecule has 3 atom stereocenters. The van der Waals surface area contributed by atoms with E-state index in [9.17, 15) is 14.3 Å². The van der Waals surface area contributed by atoms with Crippen LogP contribution in [0.2, 0.25) is 0 Å². The third-order valence-corrected chi connectivity index (χ3v) is 4.12. The number of carbonyl (C=O) groups excluding carboxylic acids is 1. The predicted molar refractivity (Wildman–Crippen MR) is 87.6 cm³/mol. The normalized spacial score (nSPS) is 23.3. The summed E-state index contributed by atoms with van der Waals surface area (Å²) in [5.41, 5.74) is 0.883. The molecule has 1 amide bonds. The van der Waals surface area contributed by atoms with Crippen molar-refractivity contribution in [2.75, 3.05) is 20.3 Å². The Morgan fingerprint density at radius 2 is 2.08 bits per heavy atom. The molecule has 0 spiro atoms. The Hall–Kier alpha value is -1.92. The molecule has 0 unspecified atom stereocenters. The van der Waals surface area contributed by atoms with Crippen molar-refractivity contribution in [3.63, 3.8) is 0 Å². The van der Waals surface area contributed by atoms with Crippen molar-refractivity contribution in [3.8, 4) is 0 Å². The standard InChI is InChI=1S/C18H24FNO4/c1-3-23-18-14(5-4-10-21)15(11-16(24-18)17(22)20-2)12-6-8-13(19)9-7-12/h6-9,11,14-15,18,21H,3-5,10H2,1-2H3,(H,20,22)/t14-,15+,18+/m1/s1. The zero-order valence-corrected chi connectivity index (χ0v) is 14.0. The van der Waals surface area contributed by atoms with E-state index in [2.05, 4.69) is 5.32 Å². The van der Waals surface area contributed by atoms with Crippen molar-refractivity contribution in [1.82, 2.24) is 5.32 Å². The topological polar surface area (TPSA) is 67.8 Å². The summed E-state index contributed by atoms with van der Waals surface area (Å²) < 4.78 is 24.7. The van der Waals surface area contributed by atoms with E-state index in [1.165, 1.54) is 19.2 Å². The smallest absolute Gasteiger partial charge is 0.285 e. The second kappa shape index (κ2) is 8.80. The van der Waals surface area contributed by atoms with Crippen molar-refractivity contribution in [2.24, 2.45) is 5.92 Å². The molecular weight excluding hydrogens is 313 g/mol. The Morgan fingerprint density at radius 1 is 1.38 bits per heavy atom. The van der Waals surface area contributed by atoms with Crippen molar-refractivity contribution >= 4 is 5.91 Å². The SMILES string of the molecule is CCO[C@H]1OC(C(=O)NC)=C[C@@H](c2ccc(F)cc2)[C@H]1CCCO. The van der Waals surface area contributed by atoms with Crippen LogP contribution in [0.1, 0.15) is 31.2 Å². The van der Waals surface area contributed by atoms with E-state index in [4.69, 9.17) is 9.47 Å². The van der Waals surface area contributed by atoms with E-state index < -0.39 is 6.29 Å². The van der Waals surface area contributed by atoms with Crippen LogP contribution in [0, 0.1) is 11.7 Å². The van der Waals surface area contributed by atoms with Gasteiger partial charge in [-0.3, -0.25) is 4.79 Å². The van der Waals surface area contributed by atoms with Crippen LogP contribution in [0.3, 0.4) is 0 Å². The van der Waals surface area contributed by atoms with E-state index in [0.29, 0.717) is 19.4 Å². The summed E-state index contributed by atoms with van der Waals surface area (Å²) in [7, 11) is 1.53. The van der Waals surface area contributed by atoms with Gasteiger partial charge in [-0.2, -0.15) is 0 Å². The van der Waals surface area contributed by atoms with Crippen LogP contribution < -0.4 is 5.32 Å². The van der Waals surface area contributed by atoms with Gasteiger partial charge in [0, 0.05) is 32.1 Å². The summed E-state index contributed by atoms with van der Waals surface area (Å²) in [6.07, 6.45) is 2.43. The van der Waals surface area contributed by atoms with Gasteiger partial charge < -0.3 is 19.9 Å². The fourth-order valence-corrected chi connectivity index (χ4v) is 2.95. The lowest BCUT2D eigenvalue weighted by molar-refractivity contribution is -0.166. The molecule has 2 rings (SSSR count). The van der Waals surface area contributed by atoms with Gasteiger partial charge in [-0.15, -0.1) is 0 Å². The van der Waals surface area contributed by atoms with Crippen LogP contribution in [0.5, 0.6) is 0 Å². The lowest BCUT2D eigenvalue weighted by Crippen LogP contribution is -2.38. The van der Waals surface area contributed by atoms with E-state index >= 15 is 0 Å². The highest BCUT2D eigenvalue weighted by Gasteiger charge is 2.37. The first-order chi connectivity index (χ1) is 11.6. The second-order valence-electron chi connectivity index (χ2n) is 5.66. The molecular formula is C18H24FNO4. The molecule has 0 saturated carbocycles. The number of carbonyl (C=O) groups is 1. The van der Waals surface area contributed by atoms with Gasteiger partial charge in [0.05, 0.1) is 0 Å². The Kier molecular flexibility index (Phi) is 6.75. The highest BCUT2D eigenvalue weighted by Crippen LogP contribution is 2.39. The first-order valence-electron chi connectivity index (χ1n) is 8.19. The molecule has 2 N–H and O–H groups in total. The zero-order valence-electron chi connectivity index (χ0n) is 14.0. The van der Waals surface area contributed by atoms with Crippen LogP contribution in [-0.4, -0.2) is 37.6 Å².